The molecule has 1 unspecified atom stereocenters. The summed E-state index contributed by atoms with van der Waals surface area (Å²) in [5.41, 5.74) is 7.63. The third kappa shape index (κ3) is 6.73. The normalized spacial score (nSPS) is 13.1. The summed E-state index contributed by atoms with van der Waals surface area (Å²) in [4.78, 5) is 25.0. The molecule has 0 spiro atoms. The molecule has 0 saturated heterocycles. The van der Waals surface area contributed by atoms with Crippen LogP contribution in [0.15, 0.2) is 59.5 Å². The Bertz CT molecular complexity index is 748. The highest BCUT2D eigenvalue weighted by Gasteiger charge is 2.17. The van der Waals surface area contributed by atoms with E-state index in [1.54, 1.807) is 11.8 Å². The van der Waals surface area contributed by atoms with Crippen molar-refractivity contribution >= 4 is 29.3 Å². The maximum absolute atomic E-state index is 12.0. The number of carbonyl (C=O) groups excluding carboxylic acids is 2. The van der Waals surface area contributed by atoms with Gasteiger partial charge in [0.1, 0.15) is 0 Å². The average molecular weight is 386 g/mol. The molecule has 2 amide bonds. The number of benzene rings is 2. The predicted molar refractivity (Wildman–Crippen MR) is 112 cm³/mol. The summed E-state index contributed by atoms with van der Waals surface area (Å²) in [7, 11) is 0. The van der Waals surface area contributed by atoms with Crippen molar-refractivity contribution in [3.63, 3.8) is 0 Å². The molecule has 5 nitrogen and oxygen atoms in total. The summed E-state index contributed by atoms with van der Waals surface area (Å²) in [6.45, 7) is 5.78. The molecule has 0 fully saturated rings. The summed E-state index contributed by atoms with van der Waals surface area (Å²) in [5.74, 6) is -0.572. The standard InChI is InChI=1S/C21H27N3O2S/c1-14(2)20(22)21(26)23-13-19(25)24-17-11-9-16(10-12-17)15(3)27-18-7-5-4-6-8-18/h4-12,14-15,20H,13,22H2,1-3H3,(H,23,26)(H,24,25)/t15?,20-/m0/s1. The van der Waals surface area contributed by atoms with E-state index in [0.29, 0.717) is 10.9 Å². The lowest BCUT2D eigenvalue weighted by molar-refractivity contribution is -0.125. The van der Waals surface area contributed by atoms with E-state index in [2.05, 4.69) is 29.7 Å². The van der Waals surface area contributed by atoms with E-state index in [1.165, 1.54) is 10.5 Å². The zero-order valence-electron chi connectivity index (χ0n) is 15.9. The van der Waals surface area contributed by atoms with E-state index in [0.717, 1.165) is 0 Å². The highest BCUT2D eigenvalue weighted by Crippen LogP contribution is 2.34. The minimum Gasteiger partial charge on any atom is -0.346 e. The molecule has 4 N–H and O–H groups in total. The number of rotatable bonds is 8. The molecule has 2 aromatic carbocycles. The van der Waals surface area contributed by atoms with Crippen LogP contribution in [-0.4, -0.2) is 24.4 Å². The van der Waals surface area contributed by atoms with Crippen LogP contribution >= 0.6 is 11.8 Å². The molecule has 0 aliphatic carbocycles. The minimum atomic E-state index is -0.610. The third-order valence-electron chi connectivity index (χ3n) is 4.16. The molecule has 0 heterocycles. The van der Waals surface area contributed by atoms with Gasteiger partial charge in [0.05, 0.1) is 12.6 Å². The Hall–Kier alpha value is -2.31. The van der Waals surface area contributed by atoms with Gasteiger partial charge in [0.2, 0.25) is 11.8 Å². The number of amides is 2. The Morgan fingerprint density at radius 1 is 1.00 bits per heavy atom. The van der Waals surface area contributed by atoms with E-state index in [9.17, 15) is 9.59 Å². The largest absolute Gasteiger partial charge is 0.346 e. The van der Waals surface area contributed by atoms with Crippen LogP contribution in [0, 0.1) is 5.92 Å². The van der Waals surface area contributed by atoms with Gasteiger partial charge in [-0.1, -0.05) is 44.2 Å². The first-order chi connectivity index (χ1) is 12.9. The van der Waals surface area contributed by atoms with Gasteiger partial charge in [-0.15, -0.1) is 11.8 Å². The van der Waals surface area contributed by atoms with Crippen LogP contribution in [0.4, 0.5) is 5.69 Å². The molecule has 0 radical (unpaired) electrons. The fraction of sp³-hybridized carbons (Fsp3) is 0.333. The maximum Gasteiger partial charge on any atom is 0.243 e. The highest BCUT2D eigenvalue weighted by molar-refractivity contribution is 7.99. The molecule has 2 aromatic rings. The maximum atomic E-state index is 12.0. The van der Waals surface area contributed by atoms with E-state index in [-0.39, 0.29) is 24.3 Å². The van der Waals surface area contributed by atoms with Crippen molar-refractivity contribution in [1.29, 1.82) is 0 Å². The second-order valence-corrected chi connectivity index (χ2v) is 8.15. The summed E-state index contributed by atoms with van der Waals surface area (Å²) in [6.07, 6.45) is 0. The van der Waals surface area contributed by atoms with Gasteiger partial charge in [-0.2, -0.15) is 0 Å². The van der Waals surface area contributed by atoms with Crippen LogP contribution < -0.4 is 16.4 Å². The van der Waals surface area contributed by atoms with Crippen molar-refractivity contribution in [2.24, 2.45) is 11.7 Å². The number of thioether (sulfide) groups is 1. The van der Waals surface area contributed by atoms with Crippen LogP contribution in [0.25, 0.3) is 0 Å². The van der Waals surface area contributed by atoms with Crippen molar-refractivity contribution in [1.82, 2.24) is 5.32 Å². The number of carbonyl (C=O) groups is 2. The Kier molecular flexibility index (Phi) is 7.88. The molecule has 0 aliphatic rings. The molecule has 0 aliphatic heterocycles. The number of hydrogen-bond acceptors (Lipinski definition) is 4. The molecule has 0 bridgehead atoms. The number of nitrogens with two attached hydrogens (primary N) is 1. The Morgan fingerprint density at radius 2 is 1.63 bits per heavy atom. The summed E-state index contributed by atoms with van der Waals surface area (Å²) in [6, 6.07) is 17.4. The van der Waals surface area contributed by atoms with Crippen molar-refractivity contribution < 1.29 is 9.59 Å². The number of nitrogens with one attached hydrogen (secondary N) is 2. The van der Waals surface area contributed by atoms with Gasteiger partial charge in [-0.05, 0) is 42.7 Å². The number of hydrogen-bond donors (Lipinski definition) is 3. The van der Waals surface area contributed by atoms with E-state index >= 15 is 0 Å². The minimum absolute atomic E-state index is 0.0244. The zero-order valence-corrected chi connectivity index (χ0v) is 16.8. The predicted octanol–water partition coefficient (Wildman–Crippen LogP) is 3.58. The van der Waals surface area contributed by atoms with Gasteiger partial charge in [-0.3, -0.25) is 9.59 Å². The van der Waals surface area contributed by atoms with Crippen molar-refractivity contribution in [2.45, 2.75) is 37.0 Å². The molecule has 2 atom stereocenters. The van der Waals surface area contributed by atoms with Gasteiger partial charge in [0.25, 0.3) is 0 Å². The first-order valence-electron chi connectivity index (χ1n) is 9.01. The quantitative estimate of drug-likeness (QED) is 0.607. The monoisotopic (exact) mass is 385 g/mol. The van der Waals surface area contributed by atoms with E-state index in [4.69, 9.17) is 5.73 Å². The average Bonchev–Trinajstić information content (AvgIpc) is 2.66. The highest BCUT2D eigenvalue weighted by atomic mass is 32.2. The molecule has 0 saturated carbocycles. The molecule has 6 heteroatoms. The smallest absolute Gasteiger partial charge is 0.243 e. The molecular weight excluding hydrogens is 358 g/mol. The summed E-state index contributed by atoms with van der Waals surface area (Å²) in [5, 5.41) is 5.64. The fourth-order valence-corrected chi connectivity index (χ4v) is 3.42. The lowest BCUT2D eigenvalue weighted by Crippen LogP contribution is -2.46. The van der Waals surface area contributed by atoms with Crippen LogP contribution in [0.3, 0.4) is 0 Å². The first kappa shape index (κ1) is 21.0. The van der Waals surface area contributed by atoms with Crippen molar-refractivity contribution in [3.05, 3.63) is 60.2 Å². The summed E-state index contributed by atoms with van der Waals surface area (Å²) >= 11 is 1.79. The van der Waals surface area contributed by atoms with Crippen LogP contribution in [0.1, 0.15) is 31.6 Å². The van der Waals surface area contributed by atoms with Gasteiger partial charge in [-0.25, -0.2) is 0 Å². The van der Waals surface area contributed by atoms with Gasteiger partial charge < -0.3 is 16.4 Å². The molecule has 144 valence electrons. The van der Waals surface area contributed by atoms with E-state index < -0.39 is 6.04 Å². The van der Waals surface area contributed by atoms with Crippen LogP contribution in [0.5, 0.6) is 0 Å². The topological polar surface area (TPSA) is 84.2 Å². The Labute approximate surface area is 165 Å². The summed E-state index contributed by atoms with van der Waals surface area (Å²) < 4.78 is 0. The molecule has 2 rings (SSSR count). The number of anilines is 1. The van der Waals surface area contributed by atoms with Crippen LogP contribution in [0.2, 0.25) is 0 Å². The molecule has 0 aromatic heterocycles. The second-order valence-electron chi connectivity index (χ2n) is 6.73. The van der Waals surface area contributed by atoms with Gasteiger partial charge >= 0.3 is 0 Å². The van der Waals surface area contributed by atoms with Crippen molar-refractivity contribution in [2.75, 3.05) is 11.9 Å². The third-order valence-corrected chi connectivity index (χ3v) is 5.33. The van der Waals surface area contributed by atoms with Gasteiger partial charge in [0, 0.05) is 15.8 Å². The van der Waals surface area contributed by atoms with Crippen LogP contribution in [-0.2, 0) is 9.59 Å². The van der Waals surface area contributed by atoms with Crippen molar-refractivity contribution in [3.8, 4) is 0 Å². The Balaban J connectivity index is 1.84. The SMILES string of the molecule is CC(Sc1ccccc1)c1ccc(NC(=O)CNC(=O)[C@@H](N)C(C)C)cc1. The first-order valence-corrected chi connectivity index (χ1v) is 9.89. The fourth-order valence-electron chi connectivity index (χ4n) is 2.40. The van der Waals surface area contributed by atoms with E-state index in [1.807, 2.05) is 56.3 Å². The lowest BCUT2D eigenvalue weighted by atomic mass is 10.1. The lowest BCUT2D eigenvalue weighted by Gasteiger charge is -2.15. The Morgan fingerprint density at radius 3 is 2.22 bits per heavy atom. The molecule has 27 heavy (non-hydrogen) atoms. The zero-order chi connectivity index (χ0) is 19.8. The second kappa shape index (κ2) is 10.1. The molecular formula is C21H27N3O2S. The van der Waals surface area contributed by atoms with Gasteiger partial charge in [0.15, 0.2) is 0 Å².